The molecule has 1 aliphatic rings. The number of aromatic nitrogens is 2. The van der Waals surface area contributed by atoms with Crippen molar-refractivity contribution in [2.45, 2.75) is 37.8 Å². The molecule has 9 heteroatoms. The fourth-order valence-electron chi connectivity index (χ4n) is 4.22. The van der Waals surface area contributed by atoms with Gasteiger partial charge in [-0.15, -0.1) is 0 Å². The Hall–Kier alpha value is -4.14. The van der Waals surface area contributed by atoms with Gasteiger partial charge in [-0.3, -0.25) is 4.79 Å². The van der Waals surface area contributed by atoms with E-state index >= 15 is 0 Å². The smallest absolute Gasteiger partial charge is 0.407 e. The van der Waals surface area contributed by atoms with Crippen molar-refractivity contribution in [3.05, 3.63) is 77.9 Å². The highest BCUT2D eigenvalue weighted by atomic mass is 16.5. The van der Waals surface area contributed by atoms with E-state index in [4.69, 9.17) is 4.74 Å². The number of carboxylic acids is 1. The van der Waals surface area contributed by atoms with Crippen molar-refractivity contribution in [2.75, 3.05) is 6.61 Å². The molecule has 1 aliphatic carbocycles. The van der Waals surface area contributed by atoms with Gasteiger partial charge in [0.15, 0.2) is 0 Å². The largest absolute Gasteiger partial charge is 0.480 e. The van der Waals surface area contributed by atoms with Crippen molar-refractivity contribution in [1.29, 1.82) is 0 Å². The van der Waals surface area contributed by atoms with Crippen LogP contribution in [0.25, 0.3) is 11.1 Å². The highest BCUT2D eigenvalue weighted by Crippen LogP contribution is 2.44. The van der Waals surface area contributed by atoms with Crippen molar-refractivity contribution in [3.8, 4) is 11.1 Å². The summed E-state index contributed by atoms with van der Waals surface area (Å²) in [6.45, 7) is 1.76. The zero-order valence-corrected chi connectivity index (χ0v) is 18.7. The van der Waals surface area contributed by atoms with Crippen molar-refractivity contribution in [1.82, 2.24) is 20.6 Å². The number of carboxylic acid groups (broad SMARTS) is 1. The predicted octanol–water partition coefficient (Wildman–Crippen LogP) is 2.84. The number of carbonyl (C=O) groups excluding carboxylic acids is 2. The minimum Gasteiger partial charge on any atom is -0.480 e. The molecule has 2 aromatic carbocycles. The van der Waals surface area contributed by atoms with Crippen LogP contribution in [0.4, 0.5) is 4.79 Å². The molecule has 4 N–H and O–H groups in total. The first-order chi connectivity index (χ1) is 16.5. The summed E-state index contributed by atoms with van der Waals surface area (Å²) < 4.78 is 5.55. The highest BCUT2D eigenvalue weighted by molar-refractivity contribution is 5.89. The number of ether oxygens (including phenoxy) is 1. The van der Waals surface area contributed by atoms with Crippen LogP contribution in [0.3, 0.4) is 0 Å². The number of imidazole rings is 1. The van der Waals surface area contributed by atoms with Crippen LogP contribution in [-0.4, -0.2) is 51.7 Å². The molecule has 2 unspecified atom stereocenters. The molecule has 1 heterocycles. The topological polar surface area (TPSA) is 133 Å². The van der Waals surface area contributed by atoms with Crippen LogP contribution >= 0.6 is 0 Å². The van der Waals surface area contributed by atoms with E-state index in [1.807, 2.05) is 48.5 Å². The van der Waals surface area contributed by atoms with Gasteiger partial charge >= 0.3 is 12.1 Å². The third kappa shape index (κ3) is 4.93. The molecule has 0 aliphatic heterocycles. The monoisotopic (exact) mass is 462 g/mol. The lowest BCUT2D eigenvalue weighted by Gasteiger charge is -2.21. The molecule has 176 valence electrons. The number of aliphatic carboxylic acids is 1. The summed E-state index contributed by atoms with van der Waals surface area (Å²) in [4.78, 5) is 43.6. The SMILES string of the molecule is CCC(NC(=O)C(Cc1cnc[nH]1)NC(=O)OCC1c2ccccc2-c2ccccc21)C(=O)O. The highest BCUT2D eigenvalue weighted by Gasteiger charge is 2.30. The normalized spacial score (nSPS) is 13.9. The number of carbonyl (C=O) groups is 3. The van der Waals surface area contributed by atoms with E-state index in [0.29, 0.717) is 5.69 Å². The minimum atomic E-state index is -1.14. The molecule has 0 fully saturated rings. The summed E-state index contributed by atoms with van der Waals surface area (Å²) in [6, 6.07) is 13.9. The molecule has 2 atom stereocenters. The molecule has 1 aromatic heterocycles. The maximum Gasteiger partial charge on any atom is 0.407 e. The Balaban J connectivity index is 1.45. The van der Waals surface area contributed by atoms with Gasteiger partial charge in [0.25, 0.3) is 0 Å². The third-order valence-corrected chi connectivity index (χ3v) is 5.95. The number of hydrogen-bond acceptors (Lipinski definition) is 5. The average molecular weight is 463 g/mol. The first kappa shape index (κ1) is 23.0. The summed E-state index contributed by atoms with van der Waals surface area (Å²) in [5.74, 6) is -1.87. The molecule has 0 saturated heterocycles. The Morgan fingerprint density at radius 1 is 1.03 bits per heavy atom. The van der Waals surface area contributed by atoms with Crippen LogP contribution in [0.1, 0.15) is 36.1 Å². The van der Waals surface area contributed by atoms with Gasteiger partial charge in [0.2, 0.25) is 5.91 Å². The van der Waals surface area contributed by atoms with Gasteiger partial charge in [-0.05, 0) is 28.7 Å². The number of fused-ring (bicyclic) bond motifs is 3. The van der Waals surface area contributed by atoms with Gasteiger partial charge < -0.3 is 25.5 Å². The zero-order chi connectivity index (χ0) is 24.1. The second kappa shape index (κ2) is 10.2. The summed E-state index contributed by atoms with van der Waals surface area (Å²) in [7, 11) is 0. The predicted molar refractivity (Wildman–Crippen MR) is 124 cm³/mol. The van der Waals surface area contributed by atoms with Gasteiger partial charge in [-0.2, -0.15) is 0 Å². The fraction of sp³-hybridized carbons (Fsp3) is 0.280. The Bertz CT molecular complexity index is 1130. The van der Waals surface area contributed by atoms with Crippen LogP contribution in [0.2, 0.25) is 0 Å². The van der Waals surface area contributed by atoms with E-state index in [1.54, 1.807) is 6.92 Å². The molecule has 34 heavy (non-hydrogen) atoms. The first-order valence-electron chi connectivity index (χ1n) is 11.1. The molecule has 3 aromatic rings. The van der Waals surface area contributed by atoms with Crippen LogP contribution in [0.15, 0.2) is 61.1 Å². The van der Waals surface area contributed by atoms with E-state index in [0.717, 1.165) is 22.3 Å². The average Bonchev–Trinajstić information content (AvgIpc) is 3.46. The number of H-pyrrole nitrogens is 1. The molecule has 0 spiro atoms. The third-order valence-electron chi connectivity index (χ3n) is 5.95. The van der Waals surface area contributed by atoms with Crippen LogP contribution in [0.5, 0.6) is 0 Å². The lowest BCUT2D eigenvalue weighted by molar-refractivity contribution is -0.142. The van der Waals surface area contributed by atoms with Gasteiger partial charge in [-0.25, -0.2) is 14.6 Å². The molecular formula is C25H26N4O5. The van der Waals surface area contributed by atoms with Crippen LogP contribution < -0.4 is 10.6 Å². The quantitative estimate of drug-likeness (QED) is 0.386. The van der Waals surface area contributed by atoms with Crippen molar-refractivity contribution >= 4 is 18.0 Å². The number of benzene rings is 2. The van der Waals surface area contributed by atoms with E-state index < -0.39 is 30.1 Å². The number of alkyl carbamates (subject to hydrolysis) is 1. The lowest BCUT2D eigenvalue weighted by atomic mass is 9.98. The van der Waals surface area contributed by atoms with Crippen molar-refractivity contribution in [2.24, 2.45) is 0 Å². The standard InChI is InChI=1S/C25H26N4O5/c1-2-21(24(31)32)28-23(30)22(11-15-12-26-14-27-15)29-25(33)34-13-20-18-9-5-3-7-16(18)17-8-4-6-10-19(17)20/h3-10,12,14,20-22H,2,11,13H2,1H3,(H,26,27)(H,28,30)(H,29,33)(H,31,32). The zero-order valence-electron chi connectivity index (χ0n) is 18.7. The molecule has 0 radical (unpaired) electrons. The molecule has 4 rings (SSSR count). The van der Waals surface area contributed by atoms with E-state index in [-0.39, 0.29) is 25.4 Å². The fourth-order valence-corrected chi connectivity index (χ4v) is 4.22. The van der Waals surface area contributed by atoms with E-state index in [2.05, 4.69) is 20.6 Å². The summed E-state index contributed by atoms with van der Waals surface area (Å²) in [6.07, 6.45) is 2.55. The number of aromatic amines is 1. The van der Waals surface area contributed by atoms with Gasteiger partial charge in [0.1, 0.15) is 18.7 Å². The minimum absolute atomic E-state index is 0.102. The lowest BCUT2D eigenvalue weighted by Crippen LogP contribution is -2.52. The second-order valence-electron chi connectivity index (χ2n) is 8.11. The molecule has 0 saturated carbocycles. The second-order valence-corrected chi connectivity index (χ2v) is 8.11. The van der Waals surface area contributed by atoms with Crippen LogP contribution in [-0.2, 0) is 20.7 Å². The van der Waals surface area contributed by atoms with E-state index in [1.165, 1.54) is 12.5 Å². The molecular weight excluding hydrogens is 436 g/mol. The van der Waals surface area contributed by atoms with Gasteiger partial charge in [0, 0.05) is 24.2 Å². The maximum absolute atomic E-state index is 12.8. The van der Waals surface area contributed by atoms with Crippen molar-refractivity contribution in [3.63, 3.8) is 0 Å². The Labute approximate surface area is 196 Å². The van der Waals surface area contributed by atoms with Gasteiger partial charge in [-0.1, -0.05) is 55.5 Å². The van der Waals surface area contributed by atoms with Crippen molar-refractivity contribution < 1.29 is 24.2 Å². The maximum atomic E-state index is 12.8. The number of nitrogens with zero attached hydrogens (tertiary/aromatic N) is 1. The Morgan fingerprint density at radius 3 is 2.24 bits per heavy atom. The van der Waals surface area contributed by atoms with E-state index in [9.17, 15) is 19.5 Å². The molecule has 2 amide bonds. The van der Waals surface area contributed by atoms with Crippen LogP contribution in [0, 0.1) is 0 Å². The summed E-state index contributed by atoms with van der Waals surface area (Å²) in [5, 5.41) is 14.3. The number of amides is 2. The summed E-state index contributed by atoms with van der Waals surface area (Å²) >= 11 is 0. The molecule has 9 nitrogen and oxygen atoms in total. The number of rotatable bonds is 9. The Kier molecular flexibility index (Phi) is 6.91. The van der Waals surface area contributed by atoms with Gasteiger partial charge in [0.05, 0.1) is 6.33 Å². The summed E-state index contributed by atoms with van der Waals surface area (Å²) in [5.41, 5.74) is 5.00. The number of nitrogens with one attached hydrogen (secondary N) is 3. The Morgan fingerprint density at radius 2 is 1.68 bits per heavy atom. The first-order valence-corrected chi connectivity index (χ1v) is 11.1. The molecule has 0 bridgehead atoms. The number of hydrogen-bond donors (Lipinski definition) is 4.